The molecule has 0 aliphatic rings. The summed E-state index contributed by atoms with van der Waals surface area (Å²) in [5.41, 5.74) is 1.36. The highest BCUT2D eigenvalue weighted by Crippen LogP contribution is 2.22. The molecule has 0 amide bonds. The topological polar surface area (TPSA) is 21.3 Å². The van der Waals surface area contributed by atoms with Crippen molar-refractivity contribution in [2.45, 2.75) is 38.1 Å². The van der Waals surface area contributed by atoms with Crippen LogP contribution in [-0.4, -0.2) is 25.5 Å². The van der Waals surface area contributed by atoms with E-state index >= 15 is 0 Å². The van der Waals surface area contributed by atoms with Crippen molar-refractivity contribution < 1.29 is 4.74 Å². The van der Waals surface area contributed by atoms with Gasteiger partial charge in [0.25, 0.3) is 0 Å². The lowest BCUT2D eigenvalue weighted by molar-refractivity contribution is 0.151. The fraction of sp³-hybridized carbons (Fsp3) is 0.600. The molecule has 3 heteroatoms. The molecular formula is C15H25NOS. The highest BCUT2D eigenvalue weighted by atomic mass is 32.2. The van der Waals surface area contributed by atoms with Gasteiger partial charge < -0.3 is 10.1 Å². The summed E-state index contributed by atoms with van der Waals surface area (Å²) in [4.78, 5) is 1.33. The third kappa shape index (κ3) is 5.89. The second kappa shape index (κ2) is 9.42. The number of thioether (sulfide) groups is 1. The van der Waals surface area contributed by atoms with Gasteiger partial charge in [-0.25, -0.2) is 0 Å². The molecule has 0 spiro atoms. The summed E-state index contributed by atoms with van der Waals surface area (Å²) in [7, 11) is 0. The first-order valence-electron chi connectivity index (χ1n) is 6.81. The maximum absolute atomic E-state index is 5.49. The molecule has 0 aliphatic heterocycles. The highest BCUT2D eigenvalue weighted by Gasteiger charge is 2.04. The Bertz CT molecular complexity index is 330. The van der Waals surface area contributed by atoms with Crippen LogP contribution in [0.15, 0.2) is 29.2 Å². The fourth-order valence-corrected chi connectivity index (χ4v) is 2.59. The number of hydrogen-bond donors (Lipinski definition) is 1. The van der Waals surface area contributed by atoms with Gasteiger partial charge in [-0.05, 0) is 37.6 Å². The molecule has 0 fully saturated rings. The zero-order valence-corrected chi connectivity index (χ0v) is 12.6. The number of benzene rings is 1. The van der Waals surface area contributed by atoms with Crippen LogP contribution in [0.25, 0.3) is 0 Å². The monoisotopic (exact) mass is 267 g/mol. The summed E-state index contributed by atoms with van der Waals surface area (Å²) < 4.78 is 5.49. The Morgan fingerprint density at radius 1 is 1.28 bits per heavy atom. The van der Waals surface area contributed by atoms with Crippen LogP contribution in [-0.2, 0) is 4.74 Å². The van der Waals surface area contributed by atoms with Crippen LogP contribution in [0, 0.1) is 0 Å². The van der Waals surface area contributed by atoms with Gasteiger partial charge in [0.15, 0.2) is 0 Å². The van der Waals surface area contributed by atoms with Crippen molar-refractivity contribution in [3.05, 3.63) is 29.8 Å². The number of rotatable bonds is 9. The molecule has 0 radical (unpaired) electrons. The molecule has 102 valence electrons. The Hall–Kier alpha value is -0.510. The highest BCUT2D eigenvalue weighted by molar-refractivity contribution is 7.99. The van der Waals surface area contributed by atoms with Crippen molar-refractivity contribution >= 4 is 11.8 Å². The minimum Gasteiger partial charge on any atom is -0.381 e. The van der Waals surface area contributed by atoms with Gasteiger partial charge in [0, 0.05) is 23.3 Å². The van der Waals surface area contributed by atoms with Gasteiger partial charge in [-0.1, -0.05) is 26.0 Å². The quantitative estimate of drug-likeness (QED) is 0.542. The van der Waals surface area contributed by atoms with Gasteiger partial charge in [-0.3, -0.25) is 0 Å². The van der Waals surface area contributed by atoms with E-state index in [-0.39, 0.29) is 0 Å². The zero-order chi connectivity index (χ0) is 13.2. The summed E-state index contributed by atoms with van der Waals surface area (Å²) in [5.74, 6) is 1.03. The first kappa shape index (κ1) is 15.5. The van der Waals surface area contributed by atoms with E-state index < -0.39 is 0 Å². The Balaban J connectivity index is 2.39. The van der Waals surface area contributed by atoms with Gasteiger partial charge >= 0.3 is 0 Å². The summed E-state index contributed by atoms with van der Waals surface area (Å²) in [6.45, 7) is 9.20. The van der Waals surface area contributed by atoms with E-state index in [1.165, 1.54) is 10.5 Å². The molecule has 0 saturated carbocycles. The maximum atomic E-state index is 5.49. The molecule has 1 aromatic carbocycles. The Morgan fingerprint density at radius 2 is 2.11 bits per heavy atom. The first-order chi connectivity index (χ1) is 8.77. The van der Waals surface area contributed by atoms with Crippen molar-refractivity contribution in [3.63, 3.8) is 0 Å². The molecule has 0 aromatic heterocycles. The Labute approximate surface area is 116 Å². The molecule has 0 heterocycles. The zero-order valence-electron chi connectivity index (χ0n) is 11.7. The van der Waals surface area contributed by atoms with Crippen molar-refractivity contribution in [1.82, 2.24) is 5.32 Å². The lowest BCUT2D eigenvalue weighted by Crippen LogP contribution is -2.17. The van der Waals surface area contributed by atoms with Gasteiger partial charge in [-0.15, -0.1) is 11.8 Å². The summed E-state index contributed by atoms with van der Waals surface area (Å²) in [6, 6.07) is 9.19. The summed E-state index contributed by atoms with van der Waals surface area (Å²) in [6.07, 6.45) is 1.10. The largest absolute Gasteiger partial charge is 0.381 e. The van der Waals surface area contributed by atoms with Crippen molar-refractivity contribution in [1.29, 1.82) is 0 Å². The second-order valence-electron chi connectivity index (χ2n) is 4.31. The first-order valence-corrected chi connectivity index (χ1v) is 7.80. The van der Waals surface area contributed by atoms with Crippen LogP contribution < -0.4 is 5.32 Å². The predicted molar refractivity (Wildman–Crippen MR) is 80.4 cm³/mol. The third-order valence-corrected chi connectivity index (χ3v) is 3.67. The maximum Gasteiger partial charge on any atom is 0.0560 e. The molecule has 1 unspecified atom stereocenters. The van der Waals surface area contributed by atoms with E-state index in [0.29, 0.717) is 6.04 Å². The van der Waals surface area contributed by atoms with E-state index in [2.05, 4.69) is 50.4 Å². The molecule has 0 aliphatic carbocycles. The predicted octanol–water partition coefficient (Wildman–Crippen LogP) is 3.88. The lowest BCUT2D eigenvalue weighted by atomic mass is 10.1. The summed E-state index contributed by atoms with van der Waals surface area (Å²) >= 11 is 1.87. The minimum absolute atomic E-state index is 0.423. The number of nitrogens with one attached hydrogen (secondary N) is 1. The third-order valence-electron chi connectivity index (χ3n) is 2.71. The smallest absolute Gasteiger partial charge is 0.0560 e. The molecule has 0 saturated heterocycles. The molecule has 2 nitrogen and oxygen atoms in total. The van der Waals surface area contributed by atoms with Gasteiger partial charge in [-0.2, -0.15) is 0 Å². The standard InChI is InChI=1S/C15H25NOS/c1-4-9-17-10-11-18-15-8-6-7-14(12-15)13(3)16-5-2/h6-8,12-13,16H,4-5,9-11H2,1-3H3. The van der Waals surface area contributed by atoms with Crippen LogP contribution >= 0.6 is 11.8 Å². The normalized spacial score (nSPS) is 12.6. The van der Waals surface area contributed by atoms with Crippen molar-refractivity contribution in [2.75, 3.05) is 25.5 Å². The van der Waals surface area contributed by atoms with E-state index in [0.717, 1.165) is 31.9 Å². The molecular weight excluding hydrogens is 242 g/mol. The van der Waals surface area contributed by atoms with Gasteiger partial charge in [0.1, 0.15) is 0 Å². The Morgan fingerprint density at radius 3 is 2.83 bits per heavy atom. The fourth-order valence-electron chi connectivity index (χ4n) is 1.76. The lowest BCUT2D eigenvalue weighted by Gasteiger charge is -2.13. The minimum atomic E-state index is 0.423. The van der Waals surface area contributed by atoms with Crippen LogP contribution in [0.3, 0.4) is 0 Å². The average Bonchev–Trinajstić information content (AvgIpc) is 2.39. The van der Waals surface area contributed by atoms with Crippen LogP contribution in [0.1, 0.15) is 38.8 Å². The van der Waals surface area contributed by atoms with Crippen LogP contribution in [0.2, 0.25) is 0 Å². The summed E-state index contributed by atoms with van der Waals surface area (Å²) in [5, 5.41) is 3.44. The van der Waals surface area contributed by atoms with E-state index in [1.54, 1.807) is 0 Å². The number of hydrogen-bond acceptors (Lipinski definition) is 3. The molecule has 1 atom stereocenters. The Kier molecular flexibility index (Phi) is 8.14. The average molecular weight is 267 g/mol. The van der Waals surface area contributed by atoms with Crippen LogP contribution in [0.5, 0.6) is 0 Å². The molecule has 1 aromatic rings. The second-order valence-corrected chi connectivity index (χ2v) is 5.48. The SMILES string of the molecule is CCCOCCSc1cccc(C(C)NCC)c1. The van der Waals surface area contributed by atoms with Crippen molar-refractivity contribution in [3.8, 4) is 0 Å². The van der Waals surface area contributed by atoms with E-state index in [4.69, 9.17) is 4.74 Å². The molecule has 0 bridgehead atoms. The van der Waals surface area contributed by atoms with Crippen LogP contribution in [0.4, 0.5) is 0 Å². The van der Waals surface area contributed by atoms with E-state index in [9.17, 15) is 0 Å². The molecule has 1 rings (SSSR count). The number of ether oxygens (including phenoxy) is 1. The van der Waals surface area contributed by atoms with Gasteiger partial charge in [0.05, 0.1) is 6.61 Å². The van der Waals surface area contributed by atoms with E-state index in [1.807, 2.05) is 11.8 Å². The van der Waals surface area contributed by atoms with Crippen molar-refractivity contribution in [2.24, 2.45) is 0 Å². The van der Waals surface area contributed by atoms with Gasteiger partial charge in [0.2, 0.25) is 0 Å². The molecule has 18 heavy (non-hydrogen) atoms. The molecule has 1 N–H and O–H groups in total.